The molecule has 112 valence electrons. The maximum atomic E-state index is 12.1. The second-order valence-corrected chi connectivity index (χ2v) is 5.87. The van der Waals surface area contributed by atoms with Crippen molar-refractivity contribution in [3.8, 4) is 0 Å². The molecule has 1 atom stereocenters. The number of hydrogen-bond acceptors (Lipinski definition) is 4. The largest absolute Gasteiger partial charge is 0.478 e. The number of carbonyl (C=O) groups is 3. The number of carboxylic acid groups (broad SMARTS) is 1. The number of carbonyl (C=O) groups excluding carboxylic acids is 2. The summed E-state index contributed by atoms with van der Waals surface area (Å²) in [5.41, 5.74) is 0.829. The maximum Gasteiger partial charge on any atom is 0.328 e. The quantitative estimate of drug-likeness (QED) is 0.727. The van der Waals surface area contributed by atoms with Gasteiger partial charge in [0.1, 0.15) is 6.04 Å². The van der Waals surface area contributed by atoms with E-state index in [1.165, 1.54) is 17.4 Å². The summed E-state index contributed by atoms with van der Waals surface area (Å²) >= 11 is 1.21. The van der Waals surface area contributed by atoms with Crippen LogP contribution in [-0.2, 0) is 9.59 Å². The van der Waals surface area contributed by atoms with E-state index in [2.05, 4.69) is 10.6 Å². The molecule has 1 saturated heterocycles. The monoisotopic (exact) mass is 308 g/mol. The van der Waals surface area contributed by atoms with E-state index in [-0.39, 0.29) is 11.8 Å². The van der Waals surface area contributed by atoms with Crippen LogP contribution in [0.3, 0.4) is 0 Å². The van der Waals surface area contributed by atoms with Crippen molar-refractivity contribution < 1.29 is 19.5 Å². The summed E-state index contributed by atoms with van der Waals surface area (Å²) in [4.78, 5) is 35.5. The summed E-state index contributed by atoms with van der Waals surface area (Å²) in [6.45, 7) is 2.45. The van der Waals surface area contributed by atoms with Crippen molar-refractivity contribution in [3.05, 3.63) is 27.5 Å². The Hall–Kier alpha value is -2.15. The number of rotatable bonds is 4. The van der Waals surface area contributed by atoms with Gasteiger partial charge in [0.25, 0.3) is 5.91 Å². The third-order valence-corrected chi connectivity index (χ3v) is 4.35. The van der Waals surface area contributed by atoms with Crippen LogP contribution in [0.1, 0.15) is 33.0 Å². The highest BCUT2D eigenvalue weighted by Crippen LogP contribution is 2.23. The highest BCUT2D eigenvalue weighted by molar-refractivity contribution is 7.15. The van der Waals surface area contributed by atoms with Gasteiger partial charge in [0.2, 0.25) is 5.91 Å². The van der Waals surface area contributed by atoms with Crippen LogP contribution in [0, 0.1) is 6.92 Å². The summed E-state index contributed by atoms with van der Waals surface area (Å²) < 4.78 is 0. The number of thiophene rings is 1. The van der Waals surface area contributed by atoms with Gasteiger partial charge in [-0.25, -0.2) is 4.79 Å². The topological polar surface area (TPSA) is 95.5 Å². The van der Waals surface area contributed by atoms with Crippen molar-refractivity contribution in [2.75, 3.05) is 6.54 Å². The number of aliphatic carboxylic acids is 1. The van der Waals surface area contributed by atoms with Gasteiger partial charge in [0.05, 0.1) is 4.88 Å². The minimum atomic E-state index is -1.03. The van der Waals surface area contributed by atoms with Crippen molar-refractivity contribution in [3.63, 3.8) is 0 Å². The SMILES string of the molecule is Cc1cc(C(=O)NC2CCCNC2=O)sc1/C=C/C(=O)O. The van der Waals surface area contributed by atoms with Crippen LogP contribution in [0.5, 0.6) is 0 Å². The molecular formula is C14H16N2O4S. The molecule has 3 N–H and O–H groups in total. The first kappa shape index (κ1) is 15.2. The van der Waals surface area contributed by atoms with Crippen molar-refractivity contribution >= 4 is 35.2 Å². The summed E-state index contributed by atoms with van der Waals surface area (Å²) in [6.07, 6.45) is 3.97. The maximum absolute atomic E-state index is 12.1. The lowest BCUT2D eigenvalue weighted by Gasteiger charge is -2.22. The number of carboxylic acids is 1. The summed E-state index contributed by atoms with van der Waals surface area (Å²) in [6, 6.07) is 1.20. The van der Waals surface area contributed by atoms with Gasteiger partial charge < -0.3 is 15.7 Å². The van der Waals surface area contributed by atoms with E-state index in [0.717, 1.165) is 22.9 Å². The molecule has 0 saturated carbocycles. The minimum Gasteiger partial charge on any atom is -0.478 e. The molecule has 2 heterocycles. The van der Waals surface area contributed by atoms with Gasteiger partial charge in [-0.1, -0.05) is 0 Å². The number of aryl methyl sites for hydroxylation is 1. The summed E-state index contributed by atoms with van der Waals surface area (Å²) in [7, 11) is 0. The fourth-order valence-corrected chi connectivity index (χ4v) is 3.04. The Morgan fingerprint density at radius 3 is 2.95 bits per heavy atom. The lowest BCUT2D eigenvalue weighted by atomic mass is 10.1. The number of hydrogen-bond donors (Lipinski definition) is 3. The Kier molecular flexibility index (Phi) is 4.74. The average molecular weight is 308 g/mol. The van der Waals surface area contributed by atoms with Crippen LogP contribution >= 0.6 is 11.3 Å². The zero-order valence-electron chi connectivity index (χ0n) is 11.5. The molecule has 1 aromatic rings. The van der Waals surface area contributed by atoms with E-state index >= 15 is 0 Å². The molecule has 0 spiro atoms. The third-order valence-electron chi connectivity index (χ3n) is 3.15. The third kappa shape index (κ3) is 3.91. The first-order chi connectivity index (χ1) is 9.97. The van der Waals surface area contributed by atoms with E-state index in [0.29, 0.717) is 17.8 Å². The Bertz CT molecular complexity index is 606. The second kappa shape index (κ2) is 6.53. The van der Waals surface area contributed by atoms with Gasteiger partial charge in [-0.3, -0.25) is 9.59 Å². The Morgan fingerprint density at radius 1 is 1.52 bits per heavy atom. The van der Waals surface area contributed by atoms with Gasteiger partial charge in [-0.15, -0.1) is 11.3 Å². The summed E-state index contributed by atoms with van der Waals surface area (Å²) in [5.74, 6) is -1.50. The van der Waals surface area contributed by atoms with E-state index in [4.69, 9.17) is 5.11 Å². The van der Waals surface area contributed by atoms with Crippen molar-refractivity contribution in [2.45, 2.75) is 25.8 Å². The highest BCUT2D eigenvalue weighted by Gasteiger charge is 2.24. The van der Waals surface area contributed by atoms with Gasteiger partial charge in [-0.2, -0.15) is 0 Å². The molecule has 0 radical (unpaired) electrons. The Balaban J connectivity index is 2.07. The highest BCUT2D eigenvalue weighted by atomic mass is 32.1. The molecule has 0 aromatic carbocycles. The van der Waals surface area contributed by atoms with Gasteiger partial charge >= 0.3 is 5.97 Å². The molecule has 0 aliphatic carbocycles. The van der Waals surface area contributed by atoms with E-state index < -0.39 is 12.0 Å². The first-order valence-electron chi connectivity index (χ1n) is 6.57. The van der Waals surface area contributed by atoms with Crippen LogP contribution in [0.15, 0.2) is 12.1 Å². The normalized spacial score (nSPS) is 18.5. The molecule has 1 fully saturated rings. The number of piperidine rings is 1. The molecule has 1 aliphatic rings. The molecular weight excluding hydrogens is 292 g/mol. The lowest BCUT2D eigenvalue weighted by Crippen LogP contribution is -2.50. The van der Waals surface area contributed by atoms with E-state index in [9.17, 15) is 14.4 Å². The number of amides is 2. The van der Waals surface area contributed by atoms with Crippen LogP contribution in [0.25, 0.3) is 6.08 Å². The number of nitrogens with one attached hydrogen (secondary N) is 2. The van der Waals surface area contributed by atoms with Gasteiger partial charge in [0.15, 0.2) is 0 Å². The lowest BCUT2D eigenvalue weighted by molar-refractivity contribution is -0.131. The molecule has 6 nitrogen and oxygen atoms in total. The zero-order valence-corrected chi connectivity index (χ0v) is 12.3. The van der Waals surface area contributed by atoms with Crippen molar-refractivity contribution in [1.29, 1.82) is 0 Å². The second-order valence-electron chi connectivity index (χ2n) is 4.79. The van der Waals surface area contributed by atoms with Gasteiger partial charge in [-0.05, 0) is 37.5 Å². The van der Waals surface area contributed by atoms with E-state index in [1.807, 2.05) is 6.92 Å². The van der Waals surface area contributed by atoms with Crippen molar-refractivity contribution in [1.82, 2.24) is 10.6 Å². The molecule has 2 amide bonds. The minimum absolute atomic E-state index is 0.158. The smallest absolute Gasteiger partial charge is 0.328 e. The van der Waals surface area contributed by atoms with Crippen LogP contribution in [0.4, 0.5) is 0 Å². The fraction of sp³-hybridized carbons (Fsp3) is 0.357. The van der Waals surface area contributed by atoms with Crippen molar-refractivity contribution in [2.24, 2.45) is 0 Å². The molecule has 21 heavy (non-hydrogen) atoms. The van der Waals surface area contributed by atoms with Crippen LogP contribution in [-0.4, -0.2) is 35.5 Å². The van der Waals surface area contributed by atoms with Gasteiger partial charge in [0, 0.05) is 17.5 Å². The standard InChI is InChI=1S/C14H16N2O4S/c1-8-7-11(21-10(8)4-5-12(17)18)14(20)16-9-3-2-6-15-13(9)19/h4-5,7,9H,2-3,6H2,1H3,(H,15,19)(H,16,20)(H,17,18)/b5-4+. The molecule has 1 unspecified atom stereocenters. The molecule has 1 aromatic heterocycles. The summed E-state index contributed by atoms with van der Waals surface area (Å²) in [5, 5.41) is 14.0. The van der Waals surface area contributed by atoms with E-state index in [1.54, 1.807) is 6.07 Å². The Morgan fingerprint density at radius 2 is 2.29 bits per heavy atom. The predicted octanol–water partition coefficient (Wildman–Crippen LogP) is 1.16. The first-order valence-corrected chi connectivity index (χ1v) is 7.39. The molecule has 2 rings (SSSR count). The Labute approximate surface area is 125 Å². The molecule has 7 heteroatoms. The van der Waals surface area contributed by atoms with Crippen LogP contribution in [0.2, 0.25) is 0 Å². The molecule has 1 aliphatic heterocycles. The predicted molar refractivity (Wildman–Crippen MR) is 79.2 cm³/mol. The van der Waals surface area contributed by atoms with Crippen LogP contribution < -0.4 is 10.6 Å². The zero-order chi connectivity index (χ0) is 15.4. The average Bonchev–Trinajstić information content (AvgIpc) is 2.80. The fourth-order valence-electron chi connectivity index (χ4n) is 2.06. The molecule has 0 bridgehead atoms.